The molecule has 0 bridgehead atoms. The SMILES string of the molecule is CN(CC(=O)NC1CCCCCCC1)S(=O)(=O)c1ccc2ccccc2c1. The van der Waals surface area contributed by atoms with Crippen molar-refractivity contribution in [2.75, 3.05) is 13.6 Å². The summed E-state index contributed by atoms with van der Waals surface area (Å²) in [5, 5.41) is 4.88. The van der Waals surface area contributed by atoms with Gasteiger partial charge in [-0.05, 0) is 35.7 Å². The first-order valence-electron chi connectivity index (χ1n) is 9.71. The normalized spacial score (nSPS) is 16.8. The Balaban J connectivity index is 1.65. The number of carbonyl (C=O) groups is 1. The van der Waals surface area contributed by atoms with Crippen molar-refractivity contribution in [2.45, 2.75) is 55.9 Å². The minimum Gasteiger partial charge on any atom is -0.352 e. The molecular weight excluding hydrogens is 360 g/mol. The lowest BCUT2D eigenvalue weighted by atomic mass is 9.97. The fraction of sp³-hybridized carbons (Fsp3) is 0.476. The smallest absolute Gasteiger partial charge is 0.243 e. The number of hydrogen-bond acceptors (Lipinski definition) is 3. The molecule has 1 fully saturated rings. The summed E-state index contributed by atoms with van der Waals surface area (Å²) in [5.74, 6) is -0.229. The number of nitrogens with one attached hydrogen (secondary N) is 1. The van der Waals surface area contributed by atoms with Crippen molar-refractivity contribution in [1.29, 1.82) is 0 Å². The van der Waals surface area contributed by atoms with Gasteiger partial charge in [-0.15, -0.1) is 0 Å². The summed E-state index contributed by atoms with van der Waals surface area (Å²) >= 11 is 0. The third-order valence-electron chi connectivity index (χ3n) is 5.27. The molecule has 0 aliphatic heterocycles. The molecule has 0 radical (unpaired) electrons. The summed E-state index contributed by atoms with van der Waals surface area (Å²) in [6.45, 7) is -0.161. The van der Waals surface area contributed by atoms with Crippen LogP contribution in [-0.2, 0) is 14.8 Å². The summed E-state index contributed by atoms with van der Waals surface area (Å²) in [5.41, 5.74) is 0. The summed E-state index contributed by atoms with van der Waals surface area (Å²) in [6, 6.07) is 12.8. The highest BCUT2D eigenvalue weighted by Crippen LogP contribution is 2.21. The topological polar surface area (TPSA) is 66.5 Å². The van der Waals surface area contributed by atoms with Crippen molar-refractivity contribution in [2.24, 2.45) is 0 Å². The van der Waals surface area contributed by atoms with Crippen LogP contribution in [0.25, 0.3) is 10.8 Å². The maximum atomic E-state index is 12.8. The van der Waals surface area contributed by atoms with Crippen LogP contribution in [0.5, 0.6) is 0 Å². The summed E-state index contributed by atoms with van der Waals surface area (Å²) < 4.78 is 26.8. The van der Waals surface area contributed by atoms with E-state index in [1.807, 2.05) is 24.3 Å². The highest BCUT2D eigenvalue weighted by Gasteiger charge is 2.24. The number of hydrogen-bond donors (Lipinski definition) is 1. The van der Waals surface area contributed by atoms with Gasteiger partial charge in [-0.2, -0.15) is 4.31 Å². The van der Waals surface area contributed by atoms with Crippen molar-refractivity contribution in [3.8, 4) is 0 Å². The molecule has 5 nitrogen and oxygen atoms in total. The zero-order chi connectivity index (χ0) is 19.3. The Kier molecular flexibility index (Phi) is 6.50. The second-order valence-corrected chi connectivity index (χ2v) is 9.42. The molecular formula is C21H28N2O3S. The van der Waals surface area contributed by atoms with Gasteiger partial charge in [0.2, 0.25) is 15.9 Å². The van der Waals surface area contributed by atoms with E-state index in [0.717, 1.165) is 40.8 Å². The lowest BCUT2D eigenvalue weighted by Gasteiger charge is -2.23. The van der Waals surface area contributed by atoms with Crippen LogP contribution in [-0.4, -0.2) is 38.3 Å². The van der Waals surface area contributed by atoms with Crippen molar-refractivity contribution >= 4 is 26.7 Å². The third-order valence-corrected chi connectivity index (χ3v) is 7.07. The molecule has 0 aromatic heterocycles. The molecule has 27 heavy (non-hydrogen) atoms. The van der Waals surface area contributed by atoms with Crippen LogP contribution in [0.2, 0.25) is 0 Å². The number of amides is 1. The molecule has 0 unspecified atom stereocenters. The number of benzene rings is 2. The van der Waals surface area contributed by atoms with Crippen molar-refractivity contribution in [1.82, 2.24) is 9.62 Å². The Bertz CT molecular complexity index is 887. The van der Waals surface area contributed by atoms with Gasteiger partial charge in [-0.25, -0.2) is 8.42 Å². The van der Waals surface area contributed by atoms with E-state index >= 15 is 0 Å². The summed E-state index contributed by atoms with van der Waals surface area (Å²) in [6.07, 6.45) is 7.89. The molecule has 0 spiro atoms. The van der Waals surface area contributed by atoms with E-state index in [-0.39, 0.29) is 23.4 Å². The zero-order valence-corrected chi connectivity index (χ0v) is 16.7. The van der Waals surface area contributed by atoms with Gasteiger partial charge >= 0.3 is 0 Å². The van der Waals surface area contributed by atoms with Crippen LogP contribution in [0.3, 0.4) is 0 Å². The predicted molar refractivity (Wildman–Crippen MR) is 108 cm³/mol. The quantitative estimate of drug-likeness (QED) is 0.849. The van der Waals surface area contributed by atoms with E-state index in [0.29, 0.717) is 0 Å². The molecule has 2 aromatic carbocycles. The molecule has 1 N–H and O–H groups in total. The number of nitrogens with zero attached hydrogens (tertiary/aromatic N) is 1. The monoisotopic (exact) mass is 388 g/mol. The van der Waals surface area contributed by atoms with Crippen molar-refractivity contribution in [3.05, 3.63) is 42.5 Å². The maximum absolute atomic E-state index is 12.8. The fourth-order valence-corrected chi connectivity index (χ4v) is 4.83. The molecule has 1 amide bonds. The molecule has 6 heteroatoms. The van der Waals surface area contributed by atoms with Gasteiger partial charge in [0, 0.05) is 13.1 Å². The minimum absolute atomic E-state index is 0.161. The van der Waals surface area contributed by atoms with Gasteiger partial charge in [0.25, 0.3) is 0 Å². The standard InChI is InChI=1S/C21H28N2O3S/c1-23(16-21(24)22-19-11-5-3-2-4-6-12-19)27(25,26)20-14-13-17-9-7-8-10-18(17)15-20/h7-10,13-15,19H,2-6,11-12,16H2,1H3,(H,22,24). The molecule has 1 aliphatic rings. The first kappa shape index (κ1) is 19.8. The van der Waals surface area contributed by atoms with Gasteiger partial charge in [0.05, 0.1) is 11.4 Å². The molecule has 2 aromatic rings. The summed E-state index contributed by atoms with van der Waals surface area (Å²) in [4.78, 5) is 12.6. The van der Waals surface area contributed by atoms with E-state index in [1.54, 1.807) is 18.2 Å². The average molecular weight is 389 g/mol. The second kappa shape index (κ2) is 8.85. The average Bonchev–Trinajstić information content (AvgIpc) is 2.63. The van der Waals surface area contributed by atoms with Gasteiger partial charge in [-0.3, -0.25) is 4.79 Å². The molecule has 1 aliphatic carbocycles. The molecule has 0 heterocycles. The van der Waals surface area contributed by atoms with Crippen LogP contribution < -0.4 is 5.32 Å². The Labute approximate surface area is 161 Å². The lowest BCUT2D eigenvalue weighted by molar-refractivity contribution is -0.121. The van der Waals surface area contributed by atoms with E-state index in [4.69, 9.17) is 0 Å². The van der Waals surface area contributed by atoms with Crippen LogP contribution in [0.1, 0.15) is 44.9 Å². The Morgan fingerprint density at radius 2 is 1.63 bits per heavy atom. The minimum atomic E-state index is -3.71. The molecule has 3 rings (SSSR count). The first-order chi connectivity index (χ1) is 13.0. The third kappa shape index (κ3) is 5.08. The molecule has 0 atom stereocenters. The first-order valence-corrected chi connectivity index (χ1v) is 11.2. The number of carbonyl (C=O) groups excluding carboxylic acids is 1. The van der Waals surface area contributed by atoms with Crippen LogP contribution >= 0.6 is 0 Å². The van der Waals surface area contributed by atoms with Crippen LogP contribution in [0, 0.1) is 0 Å². The maximum Gasteiger partial charge on any atom is 0.243 e. The highest BCUT2D eigenvalue weighted by molar-refractivity contribution is 7.89. The molecule has 146 valence electrons. The Hall–Kier alpha value is -1.92. The van der Waals surface area contributed by atoms with Gasteiger partial charge in [0.15, 0.2) is 0 Å². The number of fused-ring (bicyclic) bond motifs is 1. The number of sulfonamides is 1. The predicted octanol–water partition coefficient (Wildman–Crippen LogP) is 3.69. The Morgan fingerprint density at radius 1 is 1.00 bits per heavy atom. The van der Waals surface area contributed by atoms with Gasteiger partial charge in [-0.1, -0.05) is 62.4 Å². The number of rotatable bonds is 5. The van der Waals surface area contributed by atoms with Crippen molar-refractivity contribution < 1.29 is 13.2 Å². The van der Waals surface area contributed by atoms with Gasteiger partial charge < -0.3 is 5.32 Å². The zero-order valence-electron chi connectivity index (χ0n) is 15.9. The van der Waals surface area contributed by atoms with E-state index in [2.05, 4.69) is 5.32 Å². The van der Waals surface area contributed by atoms with Gasteiger partial charge in [0.1, 0.15) is 0 Å². The second-order valence-electron chi connectivity index (χ2n) is 7.38. The number of likely N-dealkylation sites (N-methyl/N-ethyl adjacent to an activating group) is 1. The summed E-state index contributed by atoms with van der Waals surface area (Å²) in [7, 11) is -2.25. The fourth-order valence-electron chi connectivity index (χ4n) is 3.67. The largest absolute Gasteiger partial charge is 0.352 e. The highest BCUT2D eigenvalue weighted by atomic mass is 32.2. The lowest BCUT2D eigenvalue weighted by Crippen LogP contribution is -2.42. The van der Waals surface area contributed by atoms with E-state index in [9.17, 15) is 13.2 Å². The van der Waals surface area contributed by atoms with Crippen LogP contribution in [0.4, 0.5) is 0 Å². The van der Waals surface area contributed by atoms with E-state index in [1.165, 1.54) is 26.3 Å². The molecule has 1 saturated carbocycles. The van der Waals surface area contributed by atoms with Crippen molar-refractivity contribution in [3.63, 3.8) is 0 Å². The van der Waals surface area contributed by atoms with E-state index < -0.39 is 10.0 Å². The molecule has 0 saturated heterocycles. The van der Waals surface area contributed by atoms with Crippen LogP contribution in [0.15, 0.2) is 47.4 Å². The Morgan fingerprint density at radius 3 is 2.33 bits per heavy atom.